The molecule has 0 N–H and O–H groups in total. The summed E-state index contributed by atoms with van der Waals surface area (Å²) in [4.78, 5) is 0. The van der Waals surface area contributed by atoms with Crippen molar-refractivity contribution < 1.29 is 4.42 Å². The van der Waals surface area contributed by atoms with Gasteiger partial charge in [-0.1, -0.05) is 158 Å². The van der Waals surface area contributed by atoms with Gasteiger partial charge in [-0.15, -0.1) is 0 Å². The molecule has 0 amide bonds. The highest BCUT2D eigenvalue weighted by molar-refractivity contribution is 6.22. The summed E-state index contributed by atoms with van der Waals surface area (Å²) in [5.41, 5.74) is 11.7. The fourth-order valence-corrected chi connectivity index (χ4v) is 7.13. The van der Waals surface area contributed by atoms with Crippen LogP contribution in [0.5, 0.6) is 0 Å². The highest BCUT2D eigenvalue weighted by atomic mass is 16.3. The lowest BCUT2D eigenvalue weighted by Gasteiger charge is -2.20. The molecular weight excluding hydrogens is 544 g/mol. The Hall–Kier alpha value is -5.92. The molecule has 0 unspecified atom stereocenters. The van der Waals surface area contributed by atoms with Gasteiger partial charge in [0, 0.05) is 10.8 Å². The first kappa shape index (κ1) is 25.6. The van der Waals surface area contributed by atoms with E-state index in [-0.39, 0.29) is 0 Å². The molecule has 0 fully saturated rings. The third-order valence-electron chi connectivity index (χ3n) is 9.10. The number of benzene rings is 8. The molecule has 0 aliphatic carbocycles. The molecule has 0 radical (unpaired) electrons. The van der Waals surface area contributed by atoms with Gasteiger partial charge in [0.15, 0.2) is 0 Å². The number of rotatable bonds is 4. The van der Waals surface area contributed by atoms with Crippen LogP contribution in [0.15, 0.2) is 174 Å². The molecule has 8 aromatic carbocycles. The first-order chi connectivity index (χ1) is 22.3. The van der Waals surface area contributed by atoms with Gasteiger partial charge in [-0.2, -0.15) is 0 Å². The first-order valence-corrected chi connectivity index (χ1v) is 15.4. The maximum Gasteiger partial charge on any atom is 0.136 e. The van der Waals surface area contributed by atoms with E-state index in [0.717, 1.165) is 21.9 Å². The van der Waals surface area contributed by atoms with Crippen molar-refractivity contribution in [1.29, 1.82) is 0 Å². The van der Waals surface area contributed by atoms with Gasteiger partial charge in [-0.05, 0) is 78.2 Å². The number of hydrogen-bond donors (Lipinski definition) is 0. The van der Waals surface area contributed by atoms with Crippen molar-refractivity contribution in [3.05, 3.63) is 170 Å². The summed E-state index contributed by atoms with van der Waals surface area (Å²) in [7, 11) is 0. The second-order valence-corrected chi connectivity index (χ2v) is 11.6. The Bertz CT molecular complexity index is 2460. The molecule has 0 atom stereocenters. The van der Waals surface area contributed by atoms with Crippen molar-refractivity contribution in [3.8, 4) is 44.5 Å². The predicted molar refractivity (Wildman–Crippen MR) is 190 cm³/mol. The van der Waals surface area contributed by atoms with Crippen LogP contribution in [-0.4, -0.2) is 0 Å². The van der Waals surface area contributed by atoms with Crippen molar-refractivity contribution in [2.24, 2.45) is 0 Å². The van der Waals surface area contributed by atoms with E-state index < -0.39 is 0 Å². The highest BCUT2D eigenvalue weighted by Crippen LogP contribution is 2.46. The summed E-state index contributed by atoms with van der Waals surface area (Å²) in [6.07, 6.45) is 0. The molecule has 0 aliphatic rings. The number of fused-ring (bicyclic) bond motifs is 5. The molecule has 0 aliphatic heterocycles. The molecule has 0 spiro atoms. The lowest BCUT2D eigenvalue weighted by molar-refractivity contribution is 0.669. The van der Waals surface area contributed by atoms with E-state index in [0.29, 0.717) is 0 Å². The number of hydrogen-bond acceptors (Lipinski definition) is 1. The Labute approximate surface area is 261 Å². The number of para-hydroxylation sites is 1. The minimum atomic E-state index is 0.918. The minimum absolute atomic E-state index is 0.918. The van der Waals surface area contributed by atoms with Crippen molar-refractivity contribution in [1.82, 2.24) is 0 Å². The molecule has 0 saturated carbocycles. The second-order valence-electron chi connectivity index (χ2n) is 11.6. The smallest absolute Gasteiger partial charge is 0.136 e. The van der Waals surface area contributed by atoms with Gasteiger partial charge < -0.3 is 4.42 Å². The van der Waals surface area contributed by atoms with Crippen LogP contribution in [0.3, 0.4) is 0 Å². The Morgan fingerprint density at radius 1 is 0.267 bits per heavy atom. The molecule has 210 valence electrons. The van der Waals surface area contributed by atoms with Crippen LogP contribution in [0.2, 0.25) is 0 Å². The monoisotopic (exact) mass is 572 g/mol. The van der Waals surface area contributed by atoms with E-state index in [1.807, 2.05) is 12.1 Å². The summed E-state index contributed by atoms with van der Waals surface area (Å²) >= 11 is 0. The fraction of sp³-hybridized carbons (Fsp3) is 0. The van der Waals surface area contributed by atoms with Gasteiger partial charge in [0.2, 0.25) is 0 Å². The molecule has 1 heteroatoms. The quantitative estimate of drug-likeness (QED) is 0.191. The molecule has 9 aromatic rings. The SMILES string of the molecule is c1ccc(-c2ccccc2-c2c3ccccc3c(-c3ccc(-c4cccc5oc6ccccc6c45)cc3)c3ccccc23)cc1. The third-order valence-corrected chi connectivity index (χ3v) is 9.10. The molecule has 0 saturated heterocycles. The van der Waals surface area contributed by atoms with E-state index in [4.69, 9.17) is 4.42 Å². The van der Waals surface area contributed by atoms with Crippen molar-refractivity contribution in [2.75, 3.05) is 0 Å². The van der Waals surface area contributed by atoms with Gasteiger partial charge in [-0.25, -0.2) is 0 Å². The van der Waals surface area contributed by atoms with Gasteiger partial charge in [0.05, 0.1) is 0 Å². The Kier molecular flexibility index (Phi) is 5.89. The largest absolute Gasteiger partial charge is 0.456 e. The van der Waals surface area contributed by atoms with Crippen molar-refractivity contribution in [2.45, 2.75) is 0 Å². The lowest BCUT2D eigenvalue weighted by Crippen LogP contribution is -1.92. The van der Waals surface area contributed by atoms with Gasteiger partial charge in [0.25, 0.3) is 0 Å². The van der Waals surface area contributed by atoms with Crippen LogP contribution in [0, 0.1) is 0 Å². The Balaban J connectivity index is 1.27. The lowest BCUT2D eigenvalue weighted by atomic mass is 9.83. The average Bonchev–Trinajstić information content (AvgIpc) is 3.50. The summed E-state index contributed by atoms with van der Waals surface area (Å²) < 4.78 is 6.19. The number of furan rings is 1. The molecule has 1 heterocycles. The van der Waals surface area contributed by atoms with E-state index in [2.05, 4.69) is 158 Å². The molecule has 45 heavy (non-hydrogen) atoms. The van der Waals surface area contributed by atoms with Crippen molar-refractivity contribution >= 4 is 43.5 Å². The topological polar surface area (TPSA) is 13.1 Å². The Morgan fingerprint density at radius 2 is 0.733 bits per heavy atom. The maximum absolute atomic E-state index is 6.19. The third kappa shape index (κ3) is 4.09. The van der Waals surface area contributed by atoms with Crippen LogP contribution >= 0.6 is 0 Å². The van der Waals surface area contributed by atoms with Gasteiger partial charge >= 0.3 is 0 Å². The fourth-order valence-electron chi connectivity index (χ4n) is 7.13. The van der Waals surface area contributed by atoms with Crippen molar-refractivity contribution in [3.63, 3.8) is 0 Å². The van der Waals surface area contributed by atoms with Crippen LogP contribution in [0.1, 0.15) is 0 Å². The standard InChI is InChI=1S/C44H28O/c1-2-13-29(14-3-1)32-15-4-5-16-34(32)43-37-19-8-6-17-35(37)42(36-18-7-9-20-38(36)43)31-27-25-30(26-28-31)33-22-12-24-41-44(33)39-21-10-11-23-40(39)45-41/h1-28H. The van der Waals surface area contributed by atoms with E-state index in [9.17, 15) is 0 Å². The van der Waals surface area contributed by atoms with Crippen LogP contribution in [-0.2, 0) is 0 Å². The summed E-state index contributed by atoms with van der Waals surface area (Å²) in [6, 6.07) is 61.0. The highest BCUT2D eigenvalue weighted by Gasteiger charge is 2.19. The molecule has 1 aromatic heterocycles. The van der Waals surface area contributed by atoms with Crippen LogP contribution in [0.4, 0.5) is 0 Å². The molecule has 9 rings (SSSR count). The van der Waals surface area contributed by atoms with Gasteiger partial charge in [-0.3, -0.25) is 0 Å². The molecule has 0 bridgehead atoms. The zero-order valence-electron chi connectivity index (χ0n) is 24.6. The van der Waals surface area contributed by atoms with E-state index in [1.54, 1.807) is 0 Å². The maximum atomic E-state index is 6.19. The zero-order chi connectivity index (χ0) is 29.7. The van der Waals surface area contributed by atoms with Crippen LogP contribution < -0.4 is 0 Å². The van der Waals surface area contributed by atoms with E-state index >= 15 is 0 Å². The summed E-state index contributed by atoms with van der Waals surface area (Å²) in [6.45, 7) is 0. The van der Waals surface area contributed by atoms with Gasteiger partial charge in [0.1, 0.15) is 11.2 Å². The first-order valence-electron chi connectivity index (χ1n) is 15.4. The molecule has 1 nitrogen and oxygen atoms in total. The normalized spacial score (nSPS) is 11.6. The minimum Gasteiger partial charge on any atom is -0.456 e. The average molecular weight is 573 g/mol. The second kappa shape index (κ2) is 10.4. The molecular formula is C44H28O. The predicted octanol–water partition coefficient (Wildman–Crippen LogP) is 12.6. The Morgan fingerprint density at radius 3 is 1.42 bits per heavy atom. The summed E-state index contributed by atoms with van der Waals surface area (Å²) in [5, 5.41) is 7.34. The summed E-state index contributed by atoms with van der Waals surface area (Å²) in [5.74, 6) is 0. The van der Waals surface area contributed by atoms with E-state index in [1.165, 1.54) is 66.1 Å². The van der Waals surface area contributed by atoms with Crippen LogP contribution in [0.25, 0.3) is 88.0 Å². The zero-order valence-corrected chi connectivity index (χ0v) is 24.6.